The van der Waals surface area contributed by atoms with Crippen LogP contribution in [0.5, 0.6) is 0 Å². The van der Waals surface area contributed by atoms with Crippen LogP contribution < -0.4 is 0 Å². The fraction of sp³-hybridized carbons (Fsp3) is 0.467. The lowest BCUT2D eigenvalue weighted by atomic mass is 10.1. The normalized spacial score (nSPS) is 22.1. The molecule has 1 saturated carbocycles. The van der Waals surface area contributed by atoms with Gasteiger partial charge in [-0.15, -0.1) is 0 Å². The molecule has 3 atom stereocenters. The van der Waals surface area contributed by atoms with Crippen molar-refractivity contribution < 1.29 is 14.7 Å². The molecule has 0 spiro atoms. The Morgan fingerprint density at radius 1 is 1.45 bits per heavy atom. The van der Waals surface area contributed by atoms with Gasteiger partial charge in [-0.25, -0.2) is 0 Å². The summed E-state index contributed by atoms with van der Waals surface area (Å²) in [4.78, 5) is 24.6. The first-order valence-electron chi connectivity index (χ1n) is 6.64. The molecule has 1 N–H and O–H groups in total. The van der Waals surface area contributed by atoms with Crippen LogP contribution in [0.4, 0.5) is 0 Å². The van der Waals surface area contributed by atoms with Gasteiger partial charge in [-0.1, -0.05) is 36.7 Å². The first kappa shape index (κ1) is 14.9. The summed E-state index contributed by atoms with van der Waals surface area (Å²) in [7, 11) is 1.66. The van der Waals surface area contributed by atoms with Gasteiger partial charge in [0, 0.05) is 24.5 Å². The quantitative estimate of drug-likeness (QED) is 0.908. The van der Waals surface area contributed by atoms with E-state index in [4.69, 9.17) is 16.7 Å². The number of hydrogen-bond acceptors (Lipinski definition) is 2. The summed E-state index contributed by atoms with van der Waals surface area (Å²) in [6, 6.07) is 7.55. The Hall–Kier alpha value is -1.55. The van der Waals surface area contributed by atoms with Crippen molar-refractivity contribution in [2.45, 2.75) is 19.3 Å². The molecular formula is C15H18ClNO3. The lowest BCUT2D eigenvalue weighted by Crippen LogP contribution is -2.34. The zero-order valence-corrected chi connectivity index (χ0v) is 12.3. The molecule has 1 aromatic rings. The number of aliphatic carboxylic acids is 1. The smallest absolute Gasteiger partial charge is 0.308 e. The summed E-state index contributed by atoms with van der Waals surface area (Å²) in [5.74, 6) is -1.34. The number of carboxylic acids is 1. The molecule has 0 bridgehead atoms. The number of benzene rings is 1. The lowest BCUT2D eigenvalue weighted by molar-refractivity contribution is -0.142. The van der Waals surface area contributed by atoms with Crippen LogP contribution in [-0.4, -0.2) is 35.5 Å². The van der Waals surface area contributed by atoms with Crippen LogP contribution in [-0.2, 0) is 9.59 Å². The summed E-state index contributed by atoms with van der Waals surface area (Å²) in [6.07, 6.45) is 0.786. The largest absolute Gasteiger partial charge is 0.481 e. The Kier molecular flexibility index (Phi) is 4.33. The van der Waals surface area contributed by atoms with Gasteiger partial charge in [0.05, 0.1) is 5.92 Å². The van der Waals surface area contributed by atoms with E-state index in [2.05, 4.69) is 0 Å². The van der Waals surface area contributed by atoms with Gasteiger partial charge in [0.1, 0.15) is 0 Å². The van der Waals surface area contributed by atoms with Gasteiger partial charge in [0.25, 0.3) is 0 Å². The zero-order valence-electron chi connectivity index (χ0n) is 11.5. The second-order valence-electron chi connectivity index (χ2n) is 5.43. The molecule has 20 heavy (non-hydrogen) atoms. The number of rotatable bonds is 5. The summed E-state index contributed by atoms with van der Waals surface area (Å²) >= 11 is 6.13. The van der Waals surface area contributed by atoms with Gasteiger partial charge in [0.2, 0.25) is 5.91 Å². The van der Waals surface area contributed by atoms with Crippen LogP contribution >= 0.6 is 11.6 Å². The van der Waals surface area contributed by atoms with Crippen LogP contribution in [0, 0.1) is 11.8 Å². The number of hydrogen-bond donors (Lipinski definition) is 1. The molecule has 4 nitrogen and oxygen atoms in total. The minimum absolute atomic E-state index is 0.00280. The molecule has 108 valence electrons. The number of amides is 1. The van der Waals surface area contributed by atoms with Crippen molar-refractivity contribution in [3.05, 3.63) is 34.9 Å². The molecule has 1 fully saturated rings. The molecule has 1 aliphatic carbocycles. The molecule has 1 aliphatic rings. The maximum absolute atomic E-state index is 12.2. The molecule has 5 heteroatoms. The van der Waals surface area contributed by atoms with Crippen LogP contribution in [0.25, 0.3) is 0 Å². The Balaban J connectivity index is 1.96. The highest BCUT2D eigenvalue weighted by molar-refractivity contribution is 6.31. The first-order chi connectivity index (χ1) is 9.41. The molecule has 2 rings (SSSR count). The second-order valence-corrected chi connectivity index (χ2v) is 5.84. The number of carbonyl (C=O) groups is 2. The van der Waals surface area contributed by atoms with E-state index < -0.39 is 11.9 Å². The maximum Gasteiger partial charge on any atom is 0.308 e. The van der Waals surface area contributed by atoms with E-state index in [1.807, 2.05) is 24.3 Å². The molecule has 0 radical (unpaired) electrons. The summed E-state index contributed by atoms with van der Waals surface area (Å²) in [5, 5.41) is 9.57. The third kappa shape index (κ3) is 3.12. The minimum atomic E-state index is -0.886. The molecule has 0 saturated heterocycles. The van der Waals surface area contributed by atoms with Crippen LogP contribution in [0.1, 0.15) is 24.8 Å². The molecule has 0 heterocycles. The highest BCUT2D eigenvalue weighted by atomic mass is 35.5. The van der Waals surface area contributed by atoms with Gasteiger partial charge in [-0.05, 0) is 24.0 Å². The van der Waals surface area contributed by atoms with Crippen molar-refractivity contribution >= 4 is 23.5 Å². The van der Waals surface area contributed by atoms with E-state index in [0.717, 1.165) is 12.0 Å². The molecule has 0 aliphatic heterocycles. The van der Waals surface area contributed by atoms with Gasteiger partial charge in [-0.3, -0.25) is 9.59 Å². The highest BCUT2D eigenvalue weighted by Crippen LogP contribution is 2.50. The van der Waals surface area contributed by atoms with Crippen molar-refractivity contribution in [2.24, 2.45) is 11.8 Å². The van der Waals surface area contributed by atoms with E-state index in [-0.39, 0.29) is 24.3 Å². The number of halogens is 1. The Morgan fingerprint density at radius 3 is 2.70 bits per heavy atom. The Morgan fingerprint density at radius 2 is 2.10 bits per heavy atom. The van der Waals surface area contributed by atoms with Crippen LogP contribution in [0.2, 0.25) is 5.02 Å². The highest BCUT2D eigenvalue weighted by Gasteiger charge is 2.46. The Labute approximate surface area is 123 Å². The SMILES string of the molecule is CC(CN(C)C(=O)C1CC1c1ccccc1Cl)C(=O)O. The van der Waals surface area contributed by atoms with E-state index in [1.165, 1.54) is 4.90 Å². The van der Waals surface area contributed by atoms with E-state index in [0.29, 0.717) is 5.02 Å². The number of nitrogens with zero attached hydrogens (tertiary/aromatic N) is 1. The molecular weight excluding hydrogens is 278 g/mol. The van der Waals surface area contributed by atoms with Gasteiger partial charge in [-0.2, -0.15) is 0 Å². The van der Waals surface area contributed by atoms with Crippen molar-refractivity contribution in [3.8, 4) is 0 Å². The average molecular weight is 296 g/mol. The lowest BCUT2D eigenvalue weighted by Gasteiger charge is -2.19. The standard InChI is InChI=1S/C15H18ClNO3/c1-9(15(19)20)8-17(2)14(18)12-7-11(12)10-5-3-4-6-13(10)16/h3-6,9,11-12H,7-8H2,1-2H3,(H,19,20). The Bertz CT molecular complexity index is 532. The fourth-order valence-electron chi connectivity index (χ4n) is 2.45. The number of carbonyl (C=O) groups excluding carboxylic acids is 1. The second kappa shape index (κ2) is 5.83. The predicted octanol–water partition coefficient (Wildman–Crippen LogP) is 2.62. The van der Waals surface area contributed by atoms with E-state index >= 15 is 0 Å². The summed E-state index contributed by atoms with van der Waals surface area (Å²) in [6.45, 7) is 1.84. The topological polar surface area (TPSA) is 57.6 Å². The average Bonchev–Trinajstić information content (AvgIpc) is 3.18. The molecule has 1 amide bonds. The van der Waals surface area contributed by atoms with Crippen LogP contribution in [0.15, 0.2) is 24.3 Å². The molecule has 1 aromatic carbocycles. The first-order valence-corrected chi connectivity index (χ1v) is 7.01. The van der Waals surface area contributed by atoms with E-state index in [1.54, 1.807) is 14.0 Å². The molecule has 0 aromatic heterocycles. The van der Waals surface area contributed by atoms with Crippen molar-refractivity contribution in [1.29, 1.82) is 0 Å². The third-order valence-electron chi connectivity index (χ3n) is 3.76. The zero-order chi connectivity index (χ0) is 14.9. The number of carboxylic acid groups (broad SMARTS) is 1. The minimum Gasteiger partial charge on any atom is -0.481 e. The maximum atomic E-state index is 12.2. The van der Waals surface area contributed by atoms with Crippen molar-refractivity contribution in [2.75, 3.05) is 13.6 Å². The predicted molar refractivity (Wildman–Crippen MR) is 76.7 cm³/mol. The van der Waals surface area contributed by atoms with Crippen LogP contribution in [0.3, 0.4) is 0 Å². The summed E-state index contributed by atoms with van der Waals surface area (Å²) in [5.41, 5.74) is 1.01. The summed E-state index contributed by atoms with van der Waals surface area (Å²) < 4.78 is 0. The third-order valence-corrected chi connectivity index (χ3v) is 4.10. The van der Waals surface area contributed by atoms with E-state index in [9.17, 15) is 9.59 Å². The van der Waals surface area contributed by atoms with Crippen molar-refractivity contribution in [1.82, 2.24) is 4.90 Å². The fourth-order valence-corrected chi connectivity index (χ4v) is 2.73. The van der Waals surface area contributed by atoms with Gasteiger partial charge < -0.3 is 10.0 Å². The van der Waals surface area contributed by atoms with Gasteiger partial charge in [0.15, 0.2) is 0 Å². The van der Waals surface area contributed by atoms with Crippen molar-refractivity contribution in [3.63, 3.8) is 0 Å². The van der Waals surface area contributed by atoms with Gasteiger partial charge >= 0.3 is 5.97 Å². The monoisotopic (exact) mass is 295 g/mol. The molecule has 3 unspecified atom stereocenters.